The SMILES string of the molecule is C=CCNc1ncnc(Nc2ccc(OCCCC)cc2)c1N. The van der Waals surface area contributed by atoms with Crippen LogP contribution in [-0.4, -0.2) is 23.1 Å². The van der Waals surface area contributed by atoms with Crippen molar-refractivity contribution in [3.63, 3.8) is 0 Å². The zero-order valence-corrected chi connectivity index (χ0v) is 13.4. The molecule has 6 nitrogen and oxygen atoms in total. The van der Waals surface area contributed by atoms with E-state index in [4.69, 9.17) is 10.5 Å². The van der Waals surface area contributed by atoms with E-state index in [1.54, 1.807) is 6.08 Å². The number of nitrogens with one attached hydrogen (secondary N) is 2. The Kier molecular flexibility index (Phi) is 6.23. The summed E-state index contributed by atoms with van der Waals surface area (Å²) in [6.45, 7) is 7.12. The van der Waals surface area contributed by atoms with E-state index in [-0.39, 0.29) is 0 Å². The third-order valence-corrected chi connectivity index (χ3v) is 3.18. The average molecular weight is 313 g/mol. The molecule has 122 valence electrons. The number of nitrogens with two attached hydrogens (primary N) is 1. The van der Waals surface area contributed by atoms with Crippen LogP contribution >= 0.6 is 0 Å². The molecule has 0 radical (unpaired) electrons. The topological polar surface area (TPSA) is 85.1 Å². The predicted octanol–water partition coefficient (Wildman–Crippen LogP) is 3.58. The second-order valence-electron chi connectivity index (χ2n) is 5.01. The summed E-state index contributed by atoms with van der Waals surface area (Å²) in [5.74, 6) is 2.00. The third-order valence-electron chi connectivity index (χ3n) is 3.18. The Bertz CT molecular complexity index is 627. The van der Waals surface area contributed by atoms with Crippen LogP contribution in [0.25, 0.3) is 0 Å². The maximum atomic E-state index is 6.07. The van der Waals surface area contributed by atoms with Gasteiger partial charge >= 0.3 is 0 Å². The van der Waals surface area contributed by atoms with Gasteiger partial charge in [-0.3, -0.25) is 0 Å². The van der Waals surface area contributed by atoms with Crippen LogP contribution < -0.4 is 21.1 Å². The number of ether oxygens (including phenoxy) is 1. The Balaban J connectivity index is 2.02. The summed E-state index contributed by atoms with van der Waals surface area (Å²) in [4.78, 5) is 8.30. The van der Waals surface area contributed by atoms with E-state index < -0.39 is 0 Å². The fourth-order valence-electron chi connectivity index (χ4n) is 1.91. The quantitative estimate of drug-likeness (QED) is 0.484. The Hall–Kier alpha value is -2.76. The van der Waals surface area contributed by atoms with Gasteiger partial charge in [0, 0.05) is 12.2 Å². The van der Waals surface area contributed by atoms with Gasteiger partial charge in [-0.05, 0) is 30.7 Å². The van der Waals surface area contributed by atoms with Crippen LogP contribution in [0.1, 0.15) is 19.8 Å². The molecule has 0 atom stereocenters. The van der Waals surface area contributed by atoms with Crippen molar-refractivity contribution in [2.45, 2.75) is 19.8 Å². The molecule has 0 spiro atoms. The van der Waals surface area contributed by atoms with Gasteiger partial charge in [0.2, 0.25) is 0 Å². The number of nitrogen functional groups attached to an aromatic ring is 1. The molecule has 4 N–H and O–H groups in total. The van der Waals surface area contributed by atoms with Crippen LogP contribution in [0, 0.1) is 0 Å². The van der Waals surface area contributed by atoms with E-state index in [2.05, 4.69) is 34.1 Å². The van der Waals surface area contributed by atoms with Gasteiger partial charge in [-0.15, -0.1) is 6.58 Å². The molecule has 2 aromatic rings. The third kappa shape index (κ3) is 4.88. The van der Waals surface area contributed by atoms with Crippen molar-refractivity contribution in [1.82, 2.24) is 9.97 Å². The predicted molar refractivity (Wildman–Crippen MR) is 95.3 cm³/mol. The highest BCUT2D eigenvalue weighted by molar-refractivity contribution is 5.77. The number of aromatic nitrogens is 2. The molecule has 0 aliphatic heterocycles. The molecule has 0 bridgehead atoms. The average Bonchev–Trinajstić information content (AvgIpc) is 2.57. The zero-order valence-electron chi connectivity index (χ0n) is 13.4. The second-order valence-corrected chi connectivity index (χ2v) is 5.01. The standard InChI is InChI=1S/C17H23N5O/c1-3-5-11-23-14-8-6-13(7-9-14)22-17-15(18)16(19-10-4-2)20-12-21-17/h4,6-9,12H,2-3,5,10-11,18H2,1H3,(H2,19,20,21,22). The molecule has 2 rings (SSSR count). The van der Waals surface area contributed by atoms with Crippen LogP contribution in [0.15, 0.2) is 43.2 Å². The summed E-state index contributed by atoms with van der Waals surface area (Å²) in [5.41, 5.74) is 7.43. The van der Waals surface area contributed by atoms with Gasteiger partial charge in [-0.2, -0.15) is 0 Å². The first kappa shape index (κ1) is 16.6. The summed E-state index contributed by atoms with van der Waals surface area (Å²) in [7, 11) is 0. The van der Waals surface area contributed by atoms with E-state index in [9.17, 15) is 0 Å². The van der Waals surface area contributed by atoms with E-state index in [1.165, 1.54) is 6.33 Å². The fraction of sp³-hybridized carbons (Fsp3) is 0.294. The molecule has 1 aromatic carbocycles. The van der Waals surface area contributed by atoms with Crippen molar-refractivity contribution in [2.24, 2.45) is 0 Å². The van der Waals surface area contributed by atoms with Crippen molar-refractivity contribution >= 4 is 23.0 Å². The van der Waals surface area contributed by atoms with Crippen molar-refractivity contribution in [1.29, 1.82) is 0 Å². The van der Waals surface area contributed by atoms with E-state index in [0.717, 1.165) is 30.9 Å². The molecule has 0 saturated heterocycles. The summed E-state index contributed by atoms with van der Waals surface area (Å²) in [6.07, 6.45) is 5.38. The molecule has 0 amide bonds. The molecular formula is C17H23N5O. The molecule has 0 aliphatic carbocycles. The maximum Gasteiger partial charge on any atom is 0.159 e. The number of hydrogen-bond donors (Lipinski definition) is 3. The number of benzene rings is 1. The van der Waals surface area contributed by atoms with E-state index >= 15 is 0 Å². The van der Waals surface area contributed by atoms with Crippen LogP contribution in [0.5, 0.6) is 5.75 Å². The molecule has 6 heteroatoms. The van der Waals surface area contributed by atoms with Crippen LogP contribution in [0.4, 0.5) is 23.0 Å². The largest absolute Gasteiger partial charge is 0.494 e. The molecule has 0 saturated carbocycles. The Morgan fingerprint density at radius 1 is 1.22 bits per heavy atom. The number of hydrogen-bond acceptors (Lipinski definition) is 6. The lowest BCUT2D eigenvalue weighted by molar-refractivity contribution is 0.309. The first-order valence-electron chi connectivity index (χ1n) is 7.69. The lowest BCUT2D eigenvalue weighted by Crippen LogP contribution is -2.07. The van der Waals surface area contributed by atoms with Gasteiger partial charge in [-0.25, -0.2) is 9.97 Å². The minimum atomic E-state index is 0.470. The highest BCUT2D eigenvalue weighted by Gasteiger charge is 2.07. The Labute approximate surface area is 136 Å². The molecular weight excluding hydrogens is 290 g/mol. The summed E-state index contributed by atoms with van der Waals surface area (Å²) >= 11 is 0. The molecule has 1 aromatic heterocycles. The smallest absolute Gasteiger partial charge is 0.159 e. The summed E-state index contributed by atoms with van der Waals surface area (Å²) in [6, 6.07) is 7.71. The van der Waals surface area contributed by atoms with Gasteiger partial charge in [0.25, 0.3) is 0 Å². The van der Waals surface area contributed by atoms with Crippen LogP contribution in [0.2, 0.25) is 0 Å². The van der Waals surface area contributed by atoms with Crippen molar-refractivity contribution in [2.75, 3.05) is 29.5 Å². The van der Waals surface area contributed by atoms with E-state index in [1.807, 2.05) is 24.3 Å². The number of rotatable bonds is 9. The Morgan fingerprint density at radius 2 is 1.96 bits per heavy atom. The number of unbranched alkanes of at least 4 members (excludes halogenated alkanes) is 1. The normalized spacial score (nSPS) is 10.1. The minimum Gasteiger partial charge on any atom is -0.494 e. The van der Waals surface area contributed by atoms with Crippen LogP contribution in [-0.2, 0) is 0 Å². The second kappa shape index (κ2) is 8.63. The first-order chi connectivity index (χ1) is 11.2. The maximum absolute atomic E-state index is 6.07. The highest BCUT2D eigenvalue weighted by Crippen LogP contribution is 2.26. The van der Waals surface area contributed by atoms with Crippen molar-refractivity contribution < 1.29 is 4.74 Å². The van der Waals surface area contributed by atoms with Crippen LogP contribution in [0.3, 0.4) is 0 Å². The highest BCUT2D eigenvalue weighted by atomic mass is 16.5. The lowest BCUT2D eigenvalue weighted by Gasteiger charge is -2.12. The molecule has 23 heavy (non-hydrogen) atoms. The minimum absolute atomic E-state index is 0.470. The number of anilines is 4. The first-order valence-corrected chi connectivity index (χ1v) is 7.69. The van der Waals surface area contributed by atoms with Gasteiger partial charge in [0.05, 0.1) is 6.61 Å². The molecule has 1 heterocycles. The zero-order chi connectivity index (χ0) is 16.5. The van der Waals surface area contributed by atoms with Gasteiger partial charge in [0.15, 0.2) is 11.6 Å². The lowest BCUT2D eigenvalue weighted by atomic mass is 10.3. The van der Waals surface area contributed by atoms with Gasteiger partial charge in [0.1, 0.15) is 17.8 Å². The summed E-state index contributed by atoms with van der Waals surface area (Å²) in [5, 5.41) is 6.26. The van der Waals surface area contributed by atoms with Gasteiger partial charge < -0.3 is 21.1 Å². The molecule has 0 unspecified atom stereocenters. The number of nitrogens with zero attached hydrogens (tertiary/aromatic N) is 2. The summed E-state index contributed by atoms with van der Waals surface area (Å²) < 4.78 is 5.64. The fourth-order valence-corrected chi connectivity index (χ4v) is 1.91. The molecule has 0 aliphatic rings. The molecule has 0 fully saturated rings. The van der Waals surface area contributed by atoms with Gasteiger partial charge in [-0.1, -0.05) is 19.4 Å². The van der Waals surface area contributed by atoms with Crippen molar-refractivity contribution in [3.05, 3.63) is 43.2 Å². The monoisotopic (exact) mass is 313 g/mol. The van der Waals surface area contributed by atoms with Crippen molar-refractivity contribution in [3.8, 4) is 5.75 Å². The Morgan fingerprint density at radius 3 is 2.65 bits per heavy atom. The van der Waals surface area contributed by atoms with E-state index in [0.29, 0.717) is 23.9 Å².